The summed E-state index contributed by atoms with van der Waals surface area (Å²) in [7, 11) is 0. The maximum Gasteiger partial charge on any atom is 0.255 e. The van der Waals surface area contributed by atoms with E-state index in [1.165, 1.54) is 0 Å². The van der Waals surface area contributed by atoms with Gasteiger partial charge in [-0.05, 0) is 42.8 Å². The largest absolute Gasteiger partial charge is 0.494 e. The highest BCUT2D eigenvalue weighted by Crippen LogP contribution is 2.25. The standard InChI is InChI=1S/C16H17ClN2O2/c1-2-8-21-13-5-3-4-11(9-13)16(20)19-15-7-6-12(18)10-14(15)17/h3-7,9-10H,2,8,18H2,1H3,(H,19,20). The molecule has 0 radical (unpaired) electrons. The van der Waals surface area contributed by atoms with Crippen LogP contribution in [0, 0.1) is 0 Å². The van der Waals surface area contributed by atoms with Gasteiger partial charge in [0.1, 0.15) is 5.75 Å². The van der Waals surface area contributed by atoms with Crippen molar-refractivity contribution in [3.8, 4) is 5.75 Å². The number of hydrogen-bond acceptors (Lipinski definition) is 3. The first-order valence-electron chi connectivity index (χ1n) is 6.69. The van der Waals surface area contributed by atoms with Crippen LogP contribution in [-0.4, -0.2) is 12.5 Å². The summed E-state index contributed by atoms with van der Waals surface area (Å²) < 4.78 is 5.51. The summed E-state index contributed by atoms with van der Waals surface area (Å²) in [6, 6.07) is 12.0. The van der Waals surface area contributed by atoms with Crippen molar-refractivity contribution in [1.29, 1.82) is 0 Å². The number of carbonyl (C=O) groups excluding carboxylic acids is 1. The SMILES string of the molecule is CCCOc1cccc(C(=O)Nc2ccc(N)cc2Cl)c1. The van der Waals surface area contributed by atoms with E-state index in [0.717, 1.165) is 6.42 Å². The number of carbonyl (C=O) groups is 1. The number of halogens is 1. The average Bonchev–Trinajstić information content (AvgIpc) is 2.48. The van der Waals surface area contributed by atoms with Crippen LogP contribution in [0.3, 0.4) is 0 Å². The van der Waals surface area contributed by atoms with Crippen molar-refractivity contribution in [2.45, 2.75) is 13.3 Å². The molecule has 0 aliphatic carbocycles. The minimum atomic E-state index is -0.247. The molecule has 0 atom stereocenters. The molecule has 21 heavy (non-hydrogen) atoms. The fourth-order valence-corrected chi connectivity index (χ4v) is 2.01. The lowest BCUT2D eigenvalue weighted by atomic mass is 10.2. The van der Waals surface area contributed by atoms with Crippen LogP contribution in [0.4, 0.5) is 11.4 Å². The average molecular weight is 305 g/mol. The lowest BCUT2D eigenvalue weighted by Gasteiger charge is -2.09. The third-order valence-electron chi connectivity index (χ3n) is 2.81. The smallest absolute Gasteiger partial charge is 0.255 e. The van der Waals surface area contributed by atoms with Crippen molar-refractivity contribution in [1.82, 2.24) is 0 Å². The number of hydrogen-bond donors (Lipinski definition) is 2. The lowest BCUT2D eigenvalue weighted by molar-refractivity contribution is 0.102. The second kappa shape index (κ2) is 6.99. The molecule has 0 heterocycles. The topological polar surface area (TPSA) is 64.3 Å². The minimum Gasteiger partial charge on any atom is -0.494 e. The Kier molecular flexibility index (Phi) is 5.06. The van der Waals surface area contributed by atoms with E-state index in [2.05, 4.69) is 5.32 Å². The van der Waals surface area contributed by atoms with E-state index in [4.69, 9.17) is 22.1 Å². The van der Waals surface area contributed by atoms with E-state index in [1.54, 1.807) is 36.4 Å². The number of nitrogen functional groups attached to an aromatic ring is 1. The third-order valence-corrected chi connectivity index (χ3v) is 3.12. The molecule has 2 aromatic carbocycles. The van der Waals surface area contributed by atoms with Crippen molar-refractivity contribution in [3.63, 3.8) is 0 Å². The van der Waals surface area contributed by atoms with Gasteiger partial charge in [0.05, 0.1) is 17.3 Å². The van der Waals surface area contributed by atoms with Gasteiger partial charge in [0.2, 0.25) is 0 Å². The first kappa shape index (κ1) is 15.2. The molecule has 0 unspecified atom stereocenters. The van der Waals surface area contributed by atoms with Crippen molar-refractivity contribution < 1.29 is 9.53 Å². The van der Waals surface area contributed by atoms with Crippen molar-refractivity contribution in [2.24, 2.45) is 0 Å². The van der Waals surface area contributed by atoms with Gasteiger partial charge in [-0.25, -0.2) is 0 Å². The van der Waals surface area contributed by atoms with Gasteiger partial charge in [-0.2, -0.15) is 0 Å². The molecule has 0 saturated heterocycles. The molecule has 2 rings (SSSR count). The van der Waals surface area contributed by atoms with Gasteiger partial charge in [-0.1, -0.05) is 24.6 Å². The van der Waals surface area contributed by atoms with Crippen LogP contribution in [0.2, 0.25) is 5.02 Å². The van der Waals surface area contributed by atoms with E-state index >= 15 is 0 Å². The highest BCUT2D eigenvalue weighted by molar-refractivity contribution is 6.34. The van der Waals surface area contributed by atoms with E-state index < -0.39 is 0 Å². The summed E-state index contributed by atoms with van der Waals surface area (Å²) in [6.07, 6.45) is 0.914. The summed E-state index contributed by atoms with van der Waals surface area (Å²) >= 11 is 6.04. The van der Waals surface area contributed by atoms with Gasteiger partial charge >= 0.3 is 0 Å². The Morgan fingerprint density at radius 2 is 2.10 bits per heavy atom. The summed E-state index contributed by atoms with van der Waals surface area (Å²) in [6.45, 7) is 2.65. The van der Waals surface area contributed by atoms with Gasteiger partial charge in [-0.15, -0.1) is 0 Å². The van der Waals surface area contributed by atoms with Crippen LogP contribution in [0.1, 0.15) is 23.7 Å². The summed E-state index contributed by atoms with van der Waals surface area (Å²) in [5, 5.41) is 3.16. The molecule has 4 nitrogen and oxygen atoms in total. The fraction of sp³-hybridized carbons (Fsp3) is 0.188. The highest BCUT2D eigenvalue weighted by Gasteiger charge is 2.09. The zero-order valence-electron chi connectivity index (χ0n) is 11.7. The number of amides is 1. The van der Waals surface area contributed by atoms with Crippen LogP contribution in [0.5, 0.6) is 5.75 Å². The monoisotopic (exact) mass is 304 g/mol. The van der Waals surface area contributed by atoms with Gasteiger partial charge in [0.25, 0.3) is 5.91 Å². The van der Waals surface area contributed by atoms with Gasteiger partial charge < -0.3 is 15.8 Å². The molecule has 0 aromatic heterocycles. The number of nitrogens with one attached hydrogen (secondary N) is 1. The molecule has 0 aliphatic heterocycles. The van der Waals surface area contributed by atoms with E-state index in [9.17, 15) is 4.79 Å². The second-order valence-electron chi connectivity index (χ2n) is 4.57. The Labute approximate surface area is 128 Å². The molecule has 110 valence electrons. The van der Waals surface area contributed by atoms with Gasteiger partial charge in [0, 0.05) is 11.3 Å². The molecule has 0 fully saturated rings. The normalized spacial score (nSPS) is 10.2. The number of rotatable bonds is 5. The predicted octanol–water partition coefficient (Wildman–Crippen LogP) is 3.96. The Bertz CT molecular complexity index is 644. The summed E-state index contributed by atoms with van der Waals surface area (Å²) in [4.78, 5) is 12.2. The molecule has 2 aromatic rings. The highest BCUT2D eigenvalue weighted by atomic mass is 35.5. The molecule has 0 bridgehead atoms. The lowest BCUT2D eigenvalue weighted by Crippen LogP contribution is -2.12. The Balaban J connectivity index is 2.12. The maximum absolute atomic E-state index is 12.2. The van der Waals surface area contributed by atoms with Gasteiger partial charge in [-0.3, -0.25) is 4.79 Å². The number of ether oxygens (including phenoxy) is 1. The Morgan fingerprint density at radius 1 is 1.29 bits per heavy atom. The van der Waals surface area contributed by atoms with Crippen LogP contribution in [0.25, 0.3) is 0 Å². The van der Waals surface area contributed by atoms with Crippen LogP contribution in [0.15, 0.2) is 42.5 Å². The predicted molar refractivity (Wildman–Crippen MR) is 86.0 cm³/mol. The van der Waals surface area contributed by atoms with Crippen molar-refractivity contribution >= 4 is 28.9 Å². The quantitative estimate of drug-likeness (QED) is 0.822. The van der Waals surface area contributed by atoms with E-state index in [1.807, 2.05) is 13.0 Å². The van der Waals surface area contributed by atoms with E-state index in [0.29, 0.717) is 34.3 Å². The van der Waals surface area contributed by atoms with Crippen LogP contribution >= 0.6 is 11.6 Å². The zero-order valence-corrected chi connectivity index (χ0v) is 12.5. The van der Waals surface area contributed by atoms with Crippen molar-refractivity contribution in [3.05, 3.63) is 53.1 Å². The third kappa shape index (κ3) is 4.13. The minimum absolute atomic E-state index is 0.247. The molecular weight excluding hydrogens is 288 g/mol. The molecule has 0 spiro atoms. The molecule has 0 saturated carbocycles. The Hall–Kier alpha value is -2.20. The fourth-order valence-electron chi connectivity index (χ4n) is 1.77. The van der Waals surface area contributed by atoms with Crippen LogP contribution < -0.4 is 15.8 Å². The number of anilines is 2. The molecule has 5 heteroatoms. The molecule has 1 amide bonds. The van der Waals surface area contributed by atoms with Crippen molar-refractivity contribution in [2.75, 3.05) is 17.7 Å². The van der Waals surface area contributed by atoms with Gasteiger partial charge in [0.15, 0.2) is 0 Å². The number of benzene rings is 2. The van der Waals surface area contributed by atoms with Crippen LogP contribution in [-0.2, 0) is 0 Å². The zero-order chi connectivity index (χ0) is 15.2. The first-order valence-corrected chi connectivity index (χ1v) is 7.07. The van der Waals surface area contributed by atoms with E-state index in [-0.39, 0.29) is 5.91 Å². The Morgan fingerprint density at radius 3 is 2.81 bits per heavy atom. The number of nitrogens with two attached hydrogens (primary N) is 1. The second-order valence-corrected chi connectivity index (χ2v) is 4.98. The molecular formula is C16H17ClN2O2. The summed E-state index contributed by atoms with van der Waals surface area (Å²) in [5.74, 6) is 0.427. The maximum atomic E-state index is 12.2. The molecule has 0 aliphatic rings. The summed E-state index contributed by atoms with van der Waals surface area (Å²) in [5.41, 5.74) is 7.21. The first-order chi connectivity index (χ1) is 10.1. The molecule has 3 N–H and O–H groups in total.